The van der Waals surface area contributed by atoms with Gasteiger partial charge in [-0.3, -0.25) is 4.79 Å². The fraction of sp³-hybridized carbons (Fsp3) is 0.238. The van der Waals surface area contributed by atoms with E-state index in [1.54, 1.807) is 25.3 Å². The van der Waals surface area contributed by atoms with Crippen LogP contribution in [0, 0.1) is 12.8 Å². The van der Waals surface area contributed by atoms with Gasteiger partial charge >= 0.3 is 0 Å². The van der Waals surface area contributed by atoms with Crippen LogP contribution in [0.3, 0.4) is 0 Å². The number of anilines is 3. The van der Waals surface area contributed by atoms with E-state index in [9.17, 15) is 22.0 Å². The summed E-state index contributed by atoms with van der Waals surface area (Å²) < 4.78 is 51.7. The molecular formula is C21H19F2N7O3S. The van der Waals surface area contributed by atoms with Crippen LogP contribution in [0.4, 0.5) is 26.0 Å². The number of carbonyl (C=O) groups excluding carboxylic acids is 1. The van der Waals surface area contributed by atoms with Gasteiger partial charge in [0, 0.05) is 24.3 Å². The lowest BCUT2D eigenvalue weighted by Crippen LogP contribution is -2.18. The SMILES string of the molecule is Cc1nc2nc(NC(=O)C3CC3(F)F)cc(Nc3ccc(-c4cnc[nH]4)cc3S(C)(=O)=O)c2[nH]1. The highest BCUT2D eigenvalue weighted by Gasteiger charge is 2.61. The molecule has 4 aromatic rings. The van der Waals surface area contributed by atoms with E-state index in [1.807, 2.05) is 0 Å². The number of alkyl halides is 2. The highest BCUT2D eigenvalue weighted by molar-refractivity contribution is 7.90. The van der Waals surface area contributed by atoms with E-state index in [0.29, 0.717) is 28.3 Å². The van der Waals surface area contributed by atoms with Gasteiger partial charge in [0.2, 0.25) is 5.91 Å². The third-order valence-electron chi connectivity index (χ3n) is 5.43. The van der Waals surface area contributed by atoms with E-state index >= 15 is 0 Å². The van der Waals surface area contributed by atoms with E-state index in [-0.39, 0.29) is 22.0 Å². The van der Waals surface area contributed by atoms with Crippen molar-refractivity contribution in [2.45, 2.75) is 24.2 Å². The lowest BCUT2D eigenvalue weighted by Gasteiger charge is -2.14. The van der Waals surface area contributed by atoms with Crippen LogP contribution in [-0.4, -0.2) is 51.4 Å². The first-order chi connectivity index (χ1) is 16.0. The number of benzene rings is 1. The van der Waals surface area contributed by atoms with Crippen molar-refractivity contribution < 1.29 is 22.0 Å². The summed E-state index contributed by atoms with van der Waals surface area (Å²) in [6, 6.07) is 6.27. The number of pyridine rings is 1. The number of carbonyl (C=O) groups is 1. The van der Waals surface area contributed by atoms with Crippen molar-refractivity contribution >= 4 is 44.1 Å². The number of halogens is 2. The molecule has 0 radical (unpaired) electrons. The Morgan fingerprint density at radius 1 is 1.21 bits per heavy atom. The largest absolute Gasteiger partial charge is 0.353 e. The zero-order valence-corrected chi connectivity index (χ0v) is 18.8. The normalized spacial score (nSPS) is 17.0. The zero-order valence-electron chi connectivity index (χ0n) is 18.0. The predicted molar refractivity (Wildman–Crippen MR) is 121 cm³/mol. The minimum absolute atomic E-state index is 0.0178. The van der Waals surface area contributed by atoms with Gasteiger partial charge in [0.25, 0.3) is 5.92 Å². The molecule has 10 nitrogen and oxygen atoms in total. The van der Waals surface area contributed by atoms with Gasteiger partial charge in [-0.25, -0.2) is 32.2 Å². The van der Waals surface area contributed by atoms with Gasteiger partial charge in [0.1, 0.15) is 23.1 Å². The molecule has 176 valence electrons. The number of hydrogen-bond acceptors (Lipinski definition) is 7. The van der Waals surface area contributed by atoms with Gasteiger partial charge in [-0.1, -0.05) is 6.07 Å². The molecule has 3 heterocycles. The highest BCUT2D eigenvalue weighted by Crippen LogP contribution is 2.49. The first-order valence-corrected chi connectivity index (χ1v) is 12.1. The molecule has 3 aromatic heterocycles. The van der Waals surface area contributed by atoms with Crippen molar-refractivity contribution in [3.63, 3.8) is 0 Å². The molecule has 1 aliphatic carbocycles. The molecule has 34 heavy (non-hydrogen) atoms. The number of aromatic amines is 2. The Hall–Kier alpha value is -3.87. The summed E-state index contributed by atoms with van der Waals surface area (Å²) in [6.07, 6.45) is 3.65. The Balaban J connectivity index is 1.55. The molecule has 0 bridgehead atoms. The fourth-order valence-corrected chi connectivity index (χ4v) is 4.50. The summed E-state index contributed by atoms with van der Waals surface area (Å²) >= 11 is 0. The maximum Gasteiger partial charge on any atom is 0.260 e. The van der Waals surface area contributed by atoms with Crippen LogP contribution < -0.4 is 10.6 Å². The third-order valence-corrected chi connectivity index (χ3v) is 6.57. The minimum Gasteiger partial charge on any atom is -0.353 e. The Bertz CT molecular complexity index is 1530. The number of imidazole rings is 2. The molecule has 0 aliphatic heterocycles. The standard InChI is InChI=1S/C21H19F2N7O3S/c1-10-26-18-14(6-17(29-19(18)27-10)30-20(31)12-7-21(12,22)23)28-13-4-3-11(15-8-24-9-25-15)5-16(13)34(2,32)33/h3-6,8-9,12H,7H2,1-2H3,(H,24,25)(H3,26,27,28,29,30,31). The van der Waals surface area contributed by atoms with Crippen molar-refractivity contribution in [3.05, 3.63) is 42.6 Å². The van der Waals surface area contributed by atoms with Crippen molar-refractivity contribution in [1.82, 2.24) is 24.9 Å². The van der Waals surface area contributed by atoms with Crippen molar-refractivity contribution in [2.24, 2.45) is 5.92 Å². The number of hydrogen-bond donors (Lipinski definition) is 4. The highest BCUT2D eigenvalue weighted by atomic mass is 32.2. The quantitative estimate of drug-likeness (QED) is 0.326. The zero-order chi connectivity index (χ0) is 24.3. The molecule has 1 aliphatic rings. The molecule has 1 saturated carbocycles. The molecule has 1 fully saturated rings. The second kappa shape index (κ2) is 7.58. The Morgan fingerprint density at radius 2 is 1.97 bits per heavy atom. The smallest absolute Gasteiger partial charge is 0.260 e. The van der Waals surface area contributed by atoms with E-state index in [2.05, 4.69) is 35.6 Å². The maximum absolute atomic E-state index is 13.3. The van der Waals surface area contributed by atoms with Crippen molar-refractivity contribution in [1.29, 1.82) is 0 Å². The van der Waals surface area contributed by atoms with Crippen molar-refractivity contribution in [2.75, 3.05) is 16.9 Å². The average molecular weight is 487 g/mol. The van der Waals surface area contributed by atoms with Gasteiger partial charge in [-0.2, -0.15) is 0 Å². The average Bonchev–Trinajstić information content (AvgIpc) is 3.12. The van der Waals surface area contributed by atoms with Crippen LogP contribution in [0.15, 0.2) is 41.7 Å². The number of nitrogens with zero attached hydrogens (tertiary/aromatic N) is 3. The molecular weight excluding hydrogens is 468 g/mol. The first kappa shape index (κ1) is 21.9. The number of nitrogens with one attached hydrogen (secondary N) is 4. The molecule has 1 atom stereocenters. The number of fused-ring (bicyclic) bond motifs is 1. The number of sulfone groups is 1. The fourth-order valence-electron chi connectivity index (χ4n) is 3.64. The second-order valence-electron chi connectivity index (χ2n) is 8.16. The summed E-state index contributed by atoms with van der Waals surface area (Å²) in [6.45, 7) is 1.70. The van der Waals surface area contributed by atoms with Crippen LogP contribution in [0.2, 0.25) is 0 Å². The molecule has 5 rings (SSSR count). The van der Waals surface area contributed by atoms with Gasteiger partial charge < -0.3 is 20.6 Å². The number of aromatic nitrogens is 5. The van der Waals surface area contributed by atoms with Crippen LogP contribution in [-0.2, 0) is 14.6 Å². The van der Waals surface area contributed by atoms with E-state index in [1.165, 1.54) is 18.5 Å². The lowest BCUT2D eigenvalue weighted by atomic mass is 10.1. The molecule has 1 aromatic carbocycles. The summed E-state index contributed by atoms with van der Waals surface area (Å²) in [7, 11) is -3.65. The Labute approximate surface area is 192 Å². The van der Waals surface area contributed by atoms with E-state index < -0.39 is 34.0 Å². The molecule has 0 spiro atoms. The summed E-state index contributed by atoms with van der Waals surface area (Å²) in [5.74, 6) is -4.70. The first-order valence-electron chi connectivity index (χ1n) is 10.2. The topological polar surface area (TPSA) is 146 Å². The number of amides is 1. The number of H-pyrrole nitrogens is 2. The van der Waals surface area contributed by atoms with Gasteiger partial charge in [0.05, 0.1) is 34.5 Å². The second-order valence-corrected chi connectivity index (χ2v) is 10.1. The van der Waals surface area contributed by atoms with Crippen molar-refractivity contribution in [3.8, 4) is 11.3 Å². The summed E-state index contributed by atoms with van der Waals surface area (Å²) in [5.41, 5.74) is 2.60. The minimum atomic E-state index is -3.65. The van der Waals surface area contributed by atoms with Gasteiger partial charge in [-0.15, -0.1) is 0 Å². The molecule has 1 amide bonds. The predicted octanol–water partition coefficient (Wildman–Crippen LogP) is 3.40. The summed E-state index contributed by atoms with van der Waals surface area (Å²) in [5, 5.41) is 5.47. The van der Waals surface area contributed by atoms with E-state index in [0.717, 1.165) is 6.26 Å². The van der Waals surface area contributed by atoms with Crippen LogP contribution >= 0.6 is 0 Å². The Morgan fingerprint density at radius 3 is 2.62 bits per heavy atom. The lowest BCUT2D eigenvalue weighted by molar-refractivity contribution is -0.119. The molecule has 13 heteroatoms. The Kier molecular flexibility index (Phi) is 4.90. The maximum atomic E-state index is 13.3. The monoisotopic (exact) mass is 487 g/mol. The molecule has 0 saturated heterocycles. The number of rotatable bonds is 6. The van der Waals surface area contributed by atoms with E-state index in [4.69, 9.17) is 0 Å². The van der Waals surface area contributed by atoms with Crippen LogP contribution in [0.25, 0.3) is 22.4 Å². The van der Waals surface area contributed by atoms with Crippen LogP contribution in [0.1, 0.15) is 12.2 Å². The van der Waals surface area contributed by atoms with Crippen LogP contribution in [0.5, 0.6) is 0 Å². The molecule has 1 unspecified atom stereocenters. The summed E-state index contributed by atoms with van der Waals surface area (Å²) in [4.78, 5) is 30.6. The van der Waals surface area contributed by atoms with Gasteiger partial charge in [-0.05, 0) is 19.1 Å². The van der Waals surface area contributed by atoms with Gasteiger partial charge in [0.15, 0.2) is 15.5 Å². The third kappa shape index (κ3) is 4.09. The number of aryl methyl sites for hydroxylation is 1. The molecule has 4 N–H and O–H groups in total.